The molecule has 1 aliphatic rings. The summed E-state index contributed by atoms with van der Waals surface area (Å²) in [5, 5.41) is 0. The average Bonchev–Trinajstić information content (AvgIpc) is 2.72. The Kier molecular flexibility index (Phi) is 1.35. The molecule has 0 radical (unpaired) electrons. The lowest BCUT2D eigenvalue weighted by Gasteiger charge is -2.02. The smallest absolute Gasteiger partial charge is 0.0852 e. The molecule has 1 unspecified atom stereocenters. The van der Waals surface area contributed by atoms with E-state index in [0.29, 0.717) is 5.92 Å². The predicted molar refractivity (Wildman–Crippen MR) is 55.1 cm³/mol. The van der Waals surface area contributed by atoms with Gasteiger partial charge in [-0.15, -0.1) is 11.3 Å². The highest BCUT2D eigenvalue weighted by molar-refractivity contribution is 7.10. The molecule has 0 N–H and O–H groups in total. The Hall–Kier alpha value is -1.15. The highest BCUT2D eigenvalue weighted by Crippen LogP contribution is 2.45. The summed E-state index contributed by atoms with van der Waals surface area (Å²) in [5.41, 5.74) is 5.90. The number of hydrogen-bond acceptors (Lipinski definition) is 2. The predicted octanol–water partition coefficient (Wildman–Crippen LogP) is 3.28. The first-order valence-electron chi connectivity index (χ1n) is 4.40. The summed E-state index contributed by atoms with van der Waals surface area (Å²) in [5.74, 6) is 0.540. The van der Waals surface area contributed by atoms with Gasteiger partial charge in [-0.25, -0.2) is 4.98 Å². The minimum Gasteiger partial charge on any atom is -0.244 e. The molecule has 1 heterocycles. The fourth-order valence-electron chi connectivity index (χ4n) is 2.00. The quantitative estimate of drug-likeness (QED) is 0.616. The van der Waals surface area contributed by atoms with Crippen LogP contribution < -0.4 is 0 Å². The molecular formula is C11H9NS. The van der Waals surface area contributed by atoms with Gasteiger partial charge in [0, 0.05) is 16.4 Å². The van der Waals surface area contributed by atoms with E-state index in [0.717, 1.165) is 0 Å². The fraction of sp³-hybridized carbons (Fsp3) is 0.182. The van der Waals surface area contributed by atoms with E-state index in [1.165, 1.54) is 21.7 Å². The molecule has 0 bridgehead atoms. The third-order valence-electron chi connectivity index (χ3n) is 2.67. The van der Waals surface area contributed by atoms with Crippen molar-refractivity contribution in [1.82, 2.24) is 4.98 Å². The van der Waals surface area contributed by atoms with Crippen molar-refractivity contribution in [2.24, 2.45) is 0 Å². The van der Waals surface area contributed by atoms with Crippen molar-refractivity contribution >= 4 is 11.3 Å². The van der Waals surface area contributed by atoms with Crippen LogP contribution in [0.2, 0.25) is 0 Å². The van der Waals surface area contributed by atoms with Crippen molar-refractivity contribution < 1.29 is 0 Å². The number of aromatic nitrogens is 1. The monoisotopic (exact) mass is 187 g/mol. The maximum absolute atomic E-state index is 4.41. The summed E-state index contributed by atoms with van der Waals surface area (Å²) in [7, 11) is 0. The highest BCUT2D eigenvalue weighted by atomic mass is 32.1. The maximum Gasteiger partial charge on any atom is 0.0852 e. The van der Waals surface area contributed by atoms with Crippen molar-refractivity contribution in [2.45, 2.75) is 12.8 Å². The second-order valence-corrected chi connectivity index (χ2v) is 4.26. The van der Waals surface area contributed by atoms with Crippen LogP contribution in [0.15, 0.2) is 29.8 Å². The van der Waals surface area contributed by atoms with E-state index >= 15 is 0 Å². The molecule has 0 fully saturated rings. The molecule has 1 nitrogen and oxygen atoms in total. The van der Waals surface area contributed by atoms with Gasteiger partial charge in [0.1, 0.15) is 0 Å². The number of fused-ring (bicyclic) bond motifs is 3. The van der Waals surface area contributed by atoms with E-state index in [2.05, 4.69) is 36.2 Å². The molecular weight excluding hydrogens is 178 g/mol. The Morgan fingerprint density at radius 3 is 3.08 bits per heavy atom. The van der Waals surface area contributed by atoms with Crippen molar-refractivity contribution in [1.29, 1.82) is 0 Å². The lowest BCUT2D eigenvalue weighted by molar-refractivity contribution is 0.979. The highest BCUT2D eigenvalue weighted by Gasteiger charge is 2.26. The zero-order valence-corrected chi connectivity index (χ0v) is 8.14. The molecule has 1 atom stereocenters. The summed E-state index contributed by atoms with van der Waals surface area (Å²) >= 11 is 1.77. The molecule has 0 saturated heterocycles. The van der Waals surface area contributed by atoms with Gasteiger partial charge in [0.05, 0.1) is 11.2 Å². The lowest BCUT2D eigenvalue weighted by atomic mass is 10.0. The van der Waals surface area contributed by atoms with Gasteiger partial charge in [0.15, 0.2) is 0 Å². The zero-order chi connectivity index (χ0) is 8.84. The number of benzene rings is 1. The summed E-state index contributed by atoms with van der Waals surface area (Å²) in [6.07, 6.45) is 0. The molecule has 1 aromatic heterocycles. The fourth-order valence-corrected chi connectivity index (χ4v) is 2.87. The molecule has 3 rings (SSSR count). The lowest BCUT2D eigenvalue weighted by Crippen LogP contribution is -1.85. The number of rotatable bonds is 0. The normalized spacial score (nSPS) is 18.4. The Morgan fingerprint density at radius 2 is 2.15 bits per heavy atom. The van der Waals surface area contributed by atoms with E-state index in [4.69, 9.17) is 0 Å². The first-order chi connectivity index (χ1) is 6.38. The molecule has 13 heavy (non-hydrogen) atoms. The topological polar surface area (TPSA) is 12.9 Å². The van der Waals surface area contributed by atoms with Crippen molar-refractivity contribution in [2.75, 3.05) is 0 Å². The second-order valence-electron chi connectivity index (χ2n) is 3.37. The second kappa shape index (κ2) is 2.42. The van der Waals surface area contributed by atoms with Crippen LogP contribution in [-0.4, -0.2) is 4.98 Å². The van der Waals surface area contributed by atoms with Gasteiger partial charge in [0.2, 0.25) is 0 Å². The van der Waals surface area contributed by atoms with Gasteiger partial charge >= 0.3 is 0 Å². The minimum atomic E-state index is 0.540. The van der Waals surface area contributed by atoms with Gasteiger partial charge in [-0.05, 0) is 5.56 Å². The van der Waals surface area contributed by atoms with Gasteiger partial charge < -0.3 is 0 Å². The Balaban J connectivity index is 2.37. The van der Waals surface area contributed by atoms with Crippen LogP contribution in [0.4, 0.5) is 0 Å². The third kappa shape index (κ3) is 0.838. The maximum atomic E-state index is 4.41. The van der Waals surface area contributed by atoms with Crippen LogP contribution in [-0.2, 0) is 0 Å². The number of hydrogen-bond donors (Lipinski definition) is 0. The molecule has 2 heteroatoms. The van der Waals surface area contributed by atoms with Crippen LogP contribution in [0.1, 0.15) is 23.3 Å². The van der Waals surface area contributed by atoms with Crippen molar-refractivity contribution in [3.8, 4) is 11.3 Å². The van der Waals surface area contributed by atoms with Crippen LogP contribution in [0, 0.1) is 0 Å². The molecule has 0 spiro atoms. The van der Waals surface area contributed by atoms with Crippen molar-refractivity contribution in [3.05, 3.63) is 40.2 Å². The summed E-state index contributed by atoms with van der Waals surface area (Å²) < 4.78 is 0. The molecule has 2 aromatic rings. The zero-order valence-electron chi connectivity index (χ0n) is 7.32. The van der Waals surface area contributed by atoms with Gasteiger partial charge in [-0.1, -0.05) is 31.2 Å². The minimum absolute atomic E-state index is 0.540. The molecule has 0 aliphatic heterocycles. The van der Waals surface area contributed by atoms with E-state index in [1.54, 1.807) is 11.3 Å². The molecule has 0 saturated carbocycles. The van der Waals surface area contributed by atoms with Crippen LogP contribution in [0.25, 0.3) is 11.3 Å². The Morgan fingerprint density at radius 1 is 1.31 bits per heavy atom. The number of thiazole rings is 1. The number of nitrogens with zero attached hydrogens (tertiary/aromatic N) is 1. The molecule has 1 aliphatic carbocycles. The Labute approximate surface area is 81.1 Å². The Bertz CT molecular complexity index is 459. The van der Waals surface area contributed by atoms with Crippen LogP contribution >= 0.6 is 11.3 Å². The van der Waals surface area contributed by atoms with E-state index < -0.39 is 0 Å². The van der Waals surface area contributed by atoms with Crippen molar-refractivity contribution in [3.63, 3.8) is 0 Å². The van der Waals surface area contributed by atoms with Gasteiger partial charge in [-0.3, -0.25) is 0 Å². The molecule has 0 amide bonds. The van der Waals surface area contributed by atoms with E-state index in [9.17, 15) is 0 Å². The molecule has 64 valence electrons. The largest absolute Gasteiger partial charge is 0.244 e. The van der Waals surface area contributed by atoms with Crippen LogP contribution in [0.3, 0.4) is 0 Å². The summed E-state index contributed by atoms with van der Waals surface area (Å²) in [6, 6.07) is 8.55. The summed E-state index contributed by atoms with van der Waals surface area (Å²) in [6.45, 7) is 2.25. The SMILES string of the molecule is CC1c2ccccc2-c2ncsc21. The van der Waals surface area contributed by atoms with Gasteiger partial charge in [-0.2, -0.15) is 0 Å². The van der Waals surface area contributed by atoms with Crippen LogP contribution in [0.5, 0.6) is 0 Å². The van der Waals surface area contributed by atoms with E-state index in [1.807, 2.05) is 5.51 Å². The van der Waals surface area contributed by atoms with E-state index in [-0.39, 0.29) is 0 Å². The first-order valence-corrected chi connectivity index (χ1v) is 5.28. The van der Waals surface area contributed by atoms with Gasteiger partial charge in [0.25, 0.3) is 0 Å². The standard InChI is InChI=1S/C11H9NS/c1-7-8-4-2-3-5-9(8)10-11(7)13-6-12-10/h2-7H,1H3. The summed E-state index contributed by atoms with van der Waals surface area (Å²) in [4.78, 5) is 5.82. The molecule has 1 aromatic carbocycles. The third-order valence-corrected chi connectivity index (χ3v) is 3.68. The average molecular weight is 187 g/mol. The first kappa shape index (κ1) is 7.27.